The van der Waals surface area contributed by atoms with Gasteiger partial charge in [-0.2, -0.15) is 0 Å². The zero-order chi connectivity index (χ0) is 22.2. The van der Waals surface area contributed by atoms with E-state index in [1.165, 1.54) is 23.2 Å². The molecule has 0 aliphatic carbocycles. The van der Waals surface area contributed by atoms with Gasteiger partial charge in [0.05, 0.1) is 29.9 Å². The van der Waals surface area contributed by atoms with Crippen LogP contribution in [0.3, 0.4) is 0 Å². The summed E-state index contributed by atoms with van der Waals surface area (Å²) in [7, 11) is 0. The molecule has 2 N–H and O–H groups in total. The SMILES string of the molecule is O=C(c1cccnc1)N1C[C@@H]2[C@H](c3ccccc31)[C@@H](CO)N2C(=O)Nc1ccccc1F. The summed E-state index contributed by atoms with van der Waals surface area (Å²) in [6.45, 7) is 0.0212. The molecule has 162 valence electrons. The summed E-state index contributed by atoms with van der Waals surface area (Å²) in [6, 6.07) is 15.5. The number of urea groups is 1. The Bertz CT molecular complexity index is 1170. The van der Waals surface area contributed by atoms with E-state index in [9.17, 15) is 19.1 Å². The number of hydrogen-bond donors (Lipinski definition) is 2. The third-order valence-corrected chi connectivity index (χ3v) is 6.19. The number of anilines is 2. The Morgan fingerprint density at radius 1 is 1.09 bits per heavy atom. The molecule has 1 aromatic heterocycles. The molecule has 1 saturated heterocycles. The molecule has 1 fully saturated rings. The molecule has 0 saturated carbocycles. The first-order valence-corrected chi connectivity index (χ1v) is 10.4. The fraction of sp³-hybridized carbons (Fsp3) is 0.208. The summed E-state index contributed by atoms with van der Waals surface area (Å²) in [6.07, 6.45) is 3.11. The van der Waals surface area contributed by atoms with Crippen molar-refractivity contribution in [3.8, 4) is 0 Å². The average molecular weight is 432 g/mol. The van der Waals surface area contributed by atoms with Crippen LogP contribution in [0.15, 0.2) is 73.1 Å². The number of aliphatic hydroxyl groups is 1. The number of halogens is 1. The lowest BCUT2D eigenvalue weighted by atomic mass is 9.72. The first kappa shape index (κ1) is 20.1. The molecule has 0 radical (unpaired) electrons. The second-order valence-corrected chi connectivity index (χ2v) is 7.88. The van der Waals surface area contributed by atoms with E-state index in [0.29, 0.717) is 5.56 Å². The van der Waals surface area contributed by atoms with Crippen molar-refractivity contribution >= 4 is 23.3 Å². The van der Waals surface area contributed by atoms with Crippen molar-refractivity contribution in [2.45, 2.75) is 18.0 Å². The van der Waals surface area contributed by atoms with Gasteiger partial charge in [0.1, 0.15) is 5.82 Å². The van der Waals surface area contributed by atoms with Crippen molar-refractivity contribution < 1.29 is 19.1 Å². The molecule has 3 amide bonds. The molecule has 3 heterocycles. The van der Waals surface area contributed by atoms with Gasteiger partial charge in [-0.25, -0.2) is 9.18 Å². The minimum atomic E-state index is -0.541. The van der Waals surface area contributed by atoms with Crippen LogP contribution in [0.25, 0.3) is 0 Å². The predicted molar refractivity (Wildman–Crippen MR) is 117 cm³/mol. The molecule has 0 bridgehead atoms. The smallest absolute Gasteiger partial charge is 0.322 e. The van der Waals surface area contributed by atoms with Gasteiger partial charge in [-0.1, -0.05) is 30.3 Å². The molecule has 2 aromatic carbocycles. The summed E-state index contributed by atoms with van der Waals surface area (Å²) in [4.78, 5) is 33.5. The number of pyridine rings is 1. The number of benzene rings is 2. The molecule has 2 aliphatic heterocycles. The minimum absolute atomic E-state index is 0.0668. The molecule has 5 rings (SSSR count). The van der Waals surface area contributed by atoms with E-state index in [1.807, 2.05) is 24.3 Å². The van der Waals surface area contributed by atoms with Gasteiger partial charge in [0.15, 0.2) is 0 Å². The molecule has 3 atom stereocenters. The van der Waals surface area contributed by atoms with Crippen molar-refractivity contribution in [1.29, 1.82) is 0 Å². The largest absolute Gasteiger partial charge is 0.394 e. The minimum Gasteiger partial charge on any atom is -0.394 e. The van der Waals surface area contributed by atoms with Crippen molar-refractivity contribution in [3.05, 3.63) is 90.0 Å². The van der Waals surface area contributed by atoms with Crippen LogP contribution >= 0.6 is 0 Å². The number of aliphatic hydroxyl groups excluding tert-OH is 1. The second kappa shape index (κ2) is 8.05. The highest BCUT2D eigenvalue weighted by molar-refractivity contribution is 6.07. The maximum atomic E-state index is 14.1. The quantitative estimate of drug-likeness (QED) is 0.665. The Kier molecular flexibility index (Phi) is 5.07. The fourth-order valence-electron chi connectivity index (χ4n) is 4.75. The molecular weight excluding hydrogens is 411 g/mol. The highest BCUT2D eigenvalue weighted by atomic mass is 19.1. The number of carbonyl (C=O) groups excluding carboxylic acids is 2. The summed E-state index contributed by atoms with van der Waals surface area (Å²) in [5.74, 6) is -0.882. The van der Waals surface area contributed by atoms with Crippen LogP contribution in [-0.2, 0) is 0 Å². The Labute approximate surface area is 184 Å². The Balaban J connectivity index is 1.48. The molecule has 32 heavy (non-hydrogen) atoms. The van der Waals surface area contributed by atoms with E-state index in [2.05, 4.69) is 10.3 Å². The molecule has 7 nitrogen and oxygen atoms in total. The summed E-state index contributed by atoms with van der Waals surface area (Å²) >= 11 is 0. The van der Waals surface area contributed by atoms with Crippen LogP contribution in [0.1, 0.15) is 21.8 Å². The fourth-order valence-corrected chi connectivity index (χ4v) is 4.75. The van der Waals surface area contributed by atoms with Gasteiger partial charge in [0.2, 0.25) is 0 Å². The third kappa shape index (κ3) is 3.20. The Morgan fingerprint density at radius 3 is 2.62 bits per heavy atom. The van der Waals surface area contributed by atoms with Crippen LogP contribution in [0.4, 0.5) is 20.6 Å². The van der Waals surface area contributed by atoms with Gasteiger partial charge in [-0.05, 0) is 35.9 Å². The van der Waals surface area contributed by atoms with Gasteiger partial charge >= 0.3 is 6.03 Å². The van der Waals surface area contributed by atoms with E-state index >= 15 is 0 Å². The maximum Gasteiger partial charge on any atom is 0.322 e. The van der Waals surface area contributed by atoms with Gasteiger partial charge in [0, 0.05) is 30.5 Å². The highest BCUT2D eigenvalue weighted by Gasteiger charge is 2.55. The van der Waals surface area contributed by atoms with Crippen molar-refractivity contribution in [2.75, 3.05) is 23.4 Å². The number of aromatic nitrogens is 1. The Morgan fingerprint density at radius 2 is 1.88 bits per heavy atom. The van der Waals surface area contributed by atoms with Crippen molar-refractivity contribution in [2.24, 2.45) is 0 Å². The highest BCUT2D eigenvalue weighted by Crippen LogP contribution is 2.48. The predicted octanol–water partition coefficient (Wildman–Crippen LogP) is 3.24. The first-order chi connectivity index (χ1) is 15.6. The van der Waals surface area contributed by atoms with Crippen LogP contribution in [0.2, 0.25) is 0 Å². The maximum absolute atomic E-state index is 14.1. The monoisotopic (exact) mass is 432 g/mol. The lowest BCUT2D eigenvalue weighted by Gasteiger charge is -2.58. The molecule has 0 spiro atoms. The number of rotatable bonds is 3. The number of para-hydroxylation sites is 2. The van der Waals surface area contributed by atoms with E-state index in [-0.39, 0.29) is 36.7 Å². The topological polar surface area (TPSA) is 85.8 Å². The zero-order valence-corrected chi connectivity index (χ0v) is 17.1. The standard InChI is InChI=1S/C24H21FN4O3/c25-17-8-2-3-9-18(17)27-24(32)29-20-13-28(23(31)15-6-5-11-26-12-15)19-10-4-1-7-16(19)22(20)21(29)14-30/h1-12,20-22,30H,13-14H2,(H,27,32)/t20-,21-,22+/m1/s1. The van der Waals surface area contributed by atoms with E-state index in [4.69, 9.17) is 0 Å². The number of nitrogens with one attached hydrogen (secondary N) is 1. The van der Waals surface area contributed by atoms with E-state index in [0.717, 1.165) is 11.3 Å². The Hall–Kier alpha value is -3.78. The normalized spacial score (nSPS) is 21.2. The van der Waals surface area contributed by atoms with Gasteiger partial charge in [-0.3, -0.25) is 9.78 Å². The number of likely N-dealkylation sites (tertiary alicyclic amines) is 1. The van der Waals surface area contributed by atoms with Crippen molar-refractivity contribution in [1.82, 2.24) is 9.88 Å². The number of fused-ring (bicyclic) bond motifs is 3. The molecule has 2 aliphatic rings. The van der Waals surface area contributed by atoms with Gasteiger partial charge < -0.3 is 20.2 Å². The first-order valence-electron chi connectivity index (χ1n) is 10.4. The number of nitrogens with zero attached hydrogens (tertiary/aromatic N) is 3. The lowest BCUT2D eigenvalue weighted by molar-refractivity contribution is -0.00268. The van der Waals surface area contributed by atoms with Crippen molar-refractivity contribution in [3.63, 3.8) is 0 Å². The number of amides is 3. The number of hydrogen-bond acceptors (Lipinski definition) is 4. The molecule has 0 unspecified atom stereocenters. The van der Waals surface area contributed by atoms with E-state index in [1.54, 1.807) is 35.4 Å². The van der Waals surface area contributed by atoms with Gasteiger partial charge in [0.25, 0.3) is 5.91 Å². The summed E-state index contributed by atoms with van der Waals surface area (Å²) in [5, 5.41) is 12.7. The summed E-state index contributed by atoms with van der Waals surface area (Å²) in [5.41, 5.74) is 2.17. The van der Waals surface area contributed by atoms with Crippen LogP contribution in [-0.4, -0.2) is 52.2 Å². The lowest BCUT2D eigenvalue weighted by Crippen LogP contribution is -2.71. The summed E-state index contributed by atoms with van der Waals surface area (Å²) < 4.78 is 14.1. The molecule has 3 aromatic rings. The van der Waals surface area contributed by atoms with Crippen LogP contribution < -0.4 is 10.2 Å². The van der Waals surface area contributed by atoms with Gasteiger partial charge in [-0.15, -0.1) is 0 Å². The second-order valence-electron chi connectivity index (χ2n) is 7.88. The zero-order valence-electron chi connectivity index (χ0n) is 17.1. The molecular formula is C24H21FN4O3. The van der Waals surface area contributed by atoms with Crippen LogP contribution in [0.5, 0.6) is 0 Å². The number of carbonyl (C=O) groups is 2. The van der Waals surface area contributed by atoms with E-state index < -0.39 is 17.9 Å². The third-order valence-electron chi connectivity index (χ3n) is 6.19. The average Bonchev–Trinajstić information content (AvgIpc) is 2.81. The van der Waals surface area contributed by atoms with Crippen LogP contribution in [0, 0.1) is 5.82 Å². The molecule has 8 heteroatoms.